The third kappa shape index (κ3) is 3.43. The lowest BCUT2D eigenvalue weighted by Gasteiger charge is -2.15. The summed E-state index contributed by atoms with van der Waals surface area (Å²) in [5, 5.41) is 22.0. The molecule has 2 heterocycles. The SMILES string of the molecule is CC1=C(C#N)C(=O)NC(=O)/C1=C/c1ccc(-c2ccc([N+](=O)[O-])cc2Br)o1. The highest BCUT2D eigenvalue weighted by Gasteiger charge is 2.27. The number of nitriles is 1. The number of amides is 2. The summed E-state index contributed by atoms with van der Waals surface area (Å²) in [7, 11) is 0. The Morgan fingerprint density at radius 1 is 1.26 bits per heavy atom. The van der Waals surface area contributed by atoms with Gasteiger partial charge >= 0.3 is 0 Å². The molecule has 9 heteroatoms. The van der Waals surface area contributed by atoms with Crippen molar-refractivity contribution in [3.8, 4) is 17.4 Å². The normalized spacial score (nSPS) is 15.7. The number of carbonyl (C=O) groups is 2. The summed E-state index contributed by atoms with van der Waals surface area (Å²) in [5.74, 6) is -0.595. The lowest BCUT2D eigenvalue weighted by atomic mass is 9.96. The molecule has 0 atom stereocenters. The van der Waals surface area contributed by atoms with Crippen molar-refractivity contribution < 1.29 is 18.9 Å². The summed E-state index contributed by atoms with van der Waals surface area (Å²) in [6, 6.07) is 9.30. The molecule has 1 aliphatic rings. The molecule has 0 saturated carbocycles. The van der Waals surface area contributed by atoms with E-state index in [1.165, 1.54) is 25.1 Å². The number of nitrogens with one attached hydrogen (secondary N) is 1. The van der Waals surface area contributed by atoms with Crippen molar-refractivity contribution in [3.05, 3.63) is 67.4 Å². The van der Waals surface area contributed by atoms with E-state index in [0.717, 1.165) is 0 Å². The lowest BCUT2D eigenvalue weighted by Crippen LogP contribution is -2.37. The number of halogens is 1. The van der Waals surface area contributed by atoms with Crippen molar-refractivity contribution in [3.63, 3.8) is 0 Å². The molecule has 27 heavy (non-hydrogen) atoms. The van der Waals surface area contributed by atoms with E-state index in [9.17, 15) is 19.7 Å². The summed E-state index contributed by atoms with van der Waals surface area (Å²) in [5.41, 5.74) is 0.813. The molecular formula is C18H10BrN3O5. The van der Waals surface area contributed by atoms with Crippen molar-refractivity contribution in [2.45, 2.75) is 6.92 Å². The van der Waals surface area contributed by atoms with Gasteiger partial charge in [-0.3, -0.25) is 25.0 Å². The second-order valence-corrected chi connectivity index (χ2v) is 6.43. The summed E-state index contributed by atoms with van der Waals surface area (Å²) in [4.78, 5) is 34.0. The predicted molar refractivity (Wildman–Crippen MR) is 97.9 cm³/mol. The fourth-order valence-corrected chi connectivity index (χ4v) is 3.11. The first-order chi connectivity index (χ1) is 12.8. The minimum Gasteiger partial charge on any atom is -0.457 e. The molecule has 0 unspecified atom stereocenters. The molecule has 0 fully saturated rings. The van der Waals surface area contributed by atoms with Crippen molar-refractivity contribution in [1.29, 1.82) is 5.26 Å². The van der Waals surface area contributed by atoms with Crippen LogP contribution >= 0.6 is 15.9 Å². The van der Waals surface area contributed by atoms with E-state index in [4.69, 9.17) is 9.68 Å². The molecule has 2 amide bonds. The summed E-state index contributed by atoms with van der Waals surface area (Å²) in [6.07, 6.45) is 1.43. The van der Waals surface area contributed by atoms with Gasteiger partial charge in [0.15, 0.2) is 0 Å². The highest BCUT2D eigenvalue weighted by atomic mass is 79.9. The van der Waals surface area contributed by atoms with Gasteiger partial charge in [-0.15, -0.1) is 0 Å². The maximum atomic E-state index is 12.1. The number of non-ortho nitro benzene ring substituents is 1. The third-order valence-electron chi connectivity index (χ3n) is 3.93. The first-order valence-electron chi connectivity index (χ1n) is 7.54. The highest BCUT2D eigenvalue weighted by Crippen LogP contribution is 2.33. The molecule has 134 valence electrons. The van der Waals surface area contributed by atoms with Crippen molar-refractivity contribution >= 4 is 39.5 Å². The summed E-state index contributed by atoms with van der Waals surface area (Å²) >= 11 is 3.28. The van der Waals surface area contributed by atoms with Crippen LogP contribution in [0.25, 0.3) is 17.4 Å². The number of hydrogen-bond acceptors (Lipinski definition) is 6. The lowest BCUT2D eigenvalue weighted by molar-refractivity contribution is -0.384. The van der Waals surface area contributed by atoms with Crippen LogP contribution in [0.4, 0.5) is 5.69 Å². The monoisotopic (exact) mass is 427 g/mol. The van der Waals surface area contributed by atoms with Gasteiger partial charge in [0.25, 0.3) is 17.5 Å². The van der Waals surface area contributed by atoms with E-state index in [1.807, 2.05) is 0 Å². The second-order valence-electron chi connectivity index (χ2n) is 5.58. The van der Waals surface area contributed by atoms with Gasteiger partial charge in [-0.2, -0.15) is 5.26 Å². The molecule has 0 aliphatic carbocycles. The zero-order valence-electron chi connectivity index (χ0n) is 13.8. The molecule has 1 aromatic heterocycles. The Hall–Kier alpha value is -3.51. The van der Waals surface area contributed by atoms with Gasteiger partial charge in [0.2, 0.25) is 0 Å². The van der Waals surface area contributed by atoms with Crippen molar-refractivity contribution in [2.75, 3.05) is 0 Å². The fourth-order valence-electron chi connectivity index (χ4n) is 2.55. The average molecular weight is 428 g/mol. The first-order valence-corrected chi connectivity index (χ1v) is 8.34. The van der Waals surface area contributed by atoms with Gasteiger partial charge in [-0.1, -0.05) is 0 Å². The van der Waals surface area contributed by atoms with E-state index in [0.29, 0.717) is 21.6 Å². The molecule has 0 radical (unpaired) electrons. The van der Waals surface area contributed by atoms with Crippen LogP contribution in [-0.2, 0) is 9.59 Å². The zero-order valence-corrected chi connectivity index (χ0v) is 15.4. The Balaban J connectivity index is 2.00. The number of rotatable bonds is 3. The Bertz CT molecular complexity index is 1100. The summed E-state index contributed by atoms with van der Waals surface area (Å²) < 4.78 is 6.18. The topological polar surface area (TPSA) is 126 Å². The van der Waals surface area contributed by atoms with Crippen LogP contribution in [0.5, 0.6) is 0 Å². The summed E-state index contributed by atoms with van der Waals surface area (Å²) in [6.45, 7) is 1.51. The zero-order chi connectivity index (χ0) is 19.7. The van der Waals surface area contributed by atoms with Gasteiger partial charge in [-0.05, 0) is 52.7 Å². The molecule has 0 spiro atoms. The molecule has 8 nitrogen and oxygen atoms in total. The van der Waals surface area contributed by atoms with Gasteiger partial charge in [-0.25, -0.2) is 0 Å². The van der Waals surface area contributed by atoms with E-state index < -0.39 is 16.7 Å². The molecule has 1 aliphatic heterocycles. The van der Waals surface area contributed by atoms with Crippen LogP contribution in [0.3, 0.4) is 0 Å². The van der Waals surface area contributed by atoms with Crippen LogP contribution in [-0.4, -0.2) is 16.7 Å². The Morgan fingerprint density at radius 2 is 2.00 bits per heavy atom. The smallest absolute Gasteiger partial charge is 0.270 e. The number of hydrogen-bond donors (Lipinski definition) is 1. The van der Waals surface area contributed by atoms with Crippen LogP contribution in [0.2, 0.25) is 0 Å². The van der Waals surface area contributed by atoms with E-state index in [1.54, 1.807) is 24.3 Å². The number of nitro benzene ring substituents is 1. The number of carbonyl (C=O) groups excluding carboxylic acids is 2. The number of benzene rings is 1. The average Bonchev–Trinajstić information content (AvgIpc) is 3.07. The van der Waals surface area contributed by atoms with E-state index in [-0.39, 0.29) is 22.4 Å². The molecule has 0 bridgehead atoms. The number of imide groups is 1. The Labute approximate surface area is 161 Å². The Kier molecular flexibility index (Phi) is 4.75. The molecule has 0 saturated heterocycles. The predicted octanol–water partition coefficient (Wildman–Crippen LogP) is 3.50. The van der Waals surface area contributed by atoms with Crippen LogP contribution in [0.1, 0.15) is 12.7 Å². The van der Waals surface area contributed by atoms with Crippen molar-refractivity contribution in [2.24, 2.45) is 0 Å². The first kappa shape index (κ1) is 18.3. The Morgan fingerprint density at radius 3 is 2.63 bits per heavy atom. The molecular weight excluding hydrogens is 418 g/mol. The van der Waals surface area contributed by atoms with Gasteiger partial charge in [0.1, 0.15) is 23.2 Å². The third-order valence-corrected chi connectivity index (χ3v) is 4.59. The second kappa shape index (κ2) is 7.01. The van der Waals surface area contributed by atoms with E-state index in [2.05, 4.69) is 21.2 Å². The largest absolute Gasteiger partial charge is 0.457 e. The molecule has 3 rings (SSSR count). The number of nitrogens with zero attached hydrogens (tertiary/aromatic N) is 2. The van der Waals surface area contributed by atoms with Gasteiger partial charge < -0.3 is 4.42 Å². The minimum absolute atomic E-state index is 0.0622. The molecule has 2 aromatic rings. The van der Waals surface area contributed by atoms with Crippen LogP contribution in [0.15, 0.2) is 55.9 Å². The van der Waals surface area contributed by atoms with Gasteiger partial charge in [0, 0.05) is 27.7 Å². The van der Waals surface area contributed by atoms with Crippen LogP contribution in [0, 0.1) is 21.4 Å². The minimum atomic E-state index is -0.730. The molecule has 1 N–H and O–H groups in total. The maximum absolute atomic E-state index is 12.1. The fraction of sp³-hybridized carbons (Fsp3) is 0.0556. The standard InChI is InChI=1S/C18H10BrN3O5/c1-9-13(17(23)21-18(24)14(9)8-20)7-11-3-5-16(27-11)12-4-2-10(22(25)26)6-15(12)19/h2-7H,1H3,(H,21,23,24)/b13-7+. The number of furan rings is 1. The quantitative estimate of drug-likeness (QED) is 0.345. The van der Waals surface area contributed by atoms with Crippen LogP contribution < -0.4 is 5.32 Å². The number of nitro groups is 1. The van der Waals surface area contributed by atoms with Crippen molar-refractivity contribution in [1.82, 2.24) is 5.32 Å². The van der Waals surface area contributed by atoms with Gasteiger partial charge in [0.05, 0.1) is 4.92 Å². The van der Waals surface area contributed by atoms with E-state index >= 15 is 0 Å². The molecule has 1 aromatic carbocycles. The maximum Gasteiger partial charge on any atom is 0.270 e. The highest BCUT2D eigenvalue weighted by molar-refractivity contribution is 9.10.